The fourth-order valence-corrected chi connectivity index (χ4v) is 3.21. The van der Waals surface area contributed by atoms with Crippen LogP contribution in [0.15, 0.2) is 65.6 Å². The molecule has 2 aromatic carbocycles. The van der Waals surface area contributed by atoms with Crippen LogP contribution in [0.5, 0.6) is 5.75 Å². The standard InChI is InChI=1S/C21H18Cl2N2O3/c1-28-19-7-4-12-25(21(19)27)15-8-9-18(23)16(13-15)20(26)24-11-10-14-5-2-3-6-17(14)22/h2-9,12-13H,10-11H2,1H3,(H,24,26). The smallest absolute Gasteiger partial charge is 0.297 e. The molecule has 0 aliphatic carbocycles. The summed E-state index contributed by atoms with van der Waals surface area (Å²) in [6, 6.07) is 15.6. The molecular weight excluding hydrogens is 399 g/mol. The molecule has 0 saturated carbocycles. The van der Waals surface area contributed by atoms with E-state index in [2.05, 4.69) is 5.32 Å². The highest BCUT2D eigenvalue weighted by molar-refractivity contribution is 6.34. The van der Waals surface area contributed by atoms with Crippen molar-refractivity contribution in [2.75, 3.05) is 13.7 Å². The van der Waals surface area contributed by atoms with Crippen LogP contribution in [0.2, 0.25) is 10.0 Å². The molecule has 0 radical (unpaired) electrons. The third-order valence-corrected chi connectivity index (χ3v) is 4.94. The lowest BCUT2D eigenvalue weighted by atomic mass is 10.1. The highest BCUT2D eigenvalue weighted by Gasteiger charge is 2.13. The fraction of sp³-hybridized carbons (Fsp3) is 0.143. The Kier molecular flexibility index (Phi) is 6.39. The highest BCUT2D eigenvalue weighted by atomic mass is 35.5. The van der Waals surface area contributed by atoms with E-state index in [4.69, 9.17) is 27.9 Å². The number of halogens is 2. The number of carbonyl (C=O) groups excluding carboxylic acids is 1. The molecule has 1 amide bonds. The second-order valence-electron chi connectivity index (χ2n) is 6.01. The van der Waals surface area contributed by atoms with Crippen molar-refractivity contribution in [1.82, 2.24) is 9.88 Å². The molecular formula is C21H18Cl2N2O3. The molecule has 3 rings (SSSR count). The molecule has 0 saturated heterocycles. The van der Waals surface area contributed by atoms with Gasteiger partial charge >= 0.3 is 0 Å². The summed E-state index contributed by atoms with van der Waals surface area (Å²) in [5.74, 6) is -0.113. The summed E-state index contributed by atoms with van der Waals surface area (Å²) in [6.07, 6.45) is 2.20. The molecule has 0 spiro atoms. The van der Waals surface area contributed by atoms with Crippen LogP contribution in [0.1, 0.15) is 15.9 Å². The van der Waals surface area contributed by atoms with Crippen LogP contribution in [-0.2, 0) is 6.42 Å². The summed E-state index contributed by atoms with van der Waals surface area (Å²) in [5, 5.41) is 3.80. The van der Waals surface area contributed by atoms with E-state index in [1.165, 1.54) is 11.7 Å². The summed E-state index contributed by atoms with van der Waals surface area (Å²) in [4.78, 5) is 25.0. The Morgan fingerprint density at radius 3 is 2.61 bits per heavy atom. The molecule has 0 fully saturated rings. The molecule has 5 nitrogen and oxygen atoms in total. The predicted molar refractivity (Wildman–Crippen MR) is 111 cm³/mol. The highest BCUT2D eigenvalue weighted by Crippen LogP contribution is 2.20. The summed E-state index contributed by atoms with van der Waals surface area (Å²) >= 11 is 12.3. The van der Waals surface area contributed by atoms with Gasteiger partial charge in [-0.1, -0.05) is 41.4 Å². The van der Waals surface area contributed by atoms with Crippen molar-refractivity contribution in [3.63, 3.8) is 0 Å². The summed E-state index contributed by atoms with van der Waals surface area (Å²) in [6.45, 7) is 0.405. The third kappa shape index (κ3) is 4.38. The Morgan fingerprint density at radius 1 is 1.07 bits per heavy atom. The predicted octanol–water partition coefficient (Wildman–Crippen LogP) is 4.13. The van der Waals surface area contributed by atoms with Gasteiger partial charge in [0.15, 0.2) is 5.75 Å². The number of hydrogen-bond acceptors (Lipinski definition) is 3. The molecule has 1 heterocycles. The molecule has 0 atom stereocenters. The molecule has 0 unspecified atom stereocenters. The Balaban J connectivity index is 1.79. The van der Waals surface area contributed by atoms with E-state index in [-0.39, 0.29) is 22.8 Å². The molecule has 1 aromatic heterocycles. The maximum Gasteiger partial charge on any atom is 0.297 e. The minimum Gasteiger partial charge on any atom is -0.491 e. The number of ether oxygens (including phenoxy) is 1. The molecule has 0 aliphatic rings. The number of pyridine rings is 1. The zero-order valence-corrected chi connectivity index (χ0v) is 16.6. The average molecular weight is 417 g/mol. The van der Waals surface area contributed by atoms with Crippen molar-refractivity contribution in [2.45, 2.75) is 6.42 Å². The van der Waals surface area contributed by atoms with Crippen LogP contribution < -0.4 is 15.6 Å². The lowest BCUT2D eigenvalue weighted by Gasteiger charge is -2.11. The third-order valence-electron chi connectivity index (χ3n) is 4.24. The van der Waals surface area contributed by atoms with E-state index in [1.807, 2.05) is 24.3 Å². The molecule has 144 valence electrons. The van der Waals surface area contributed by atoms with Crippen molar-refractivity contribution in [3.05, 3.63) is 92.3 Å². The Bertz CT molecular complexity index is 1060. The maximum atomic E-state index is 12.6. The summed E-state index contributed by atoms with van der Waals surface area (Å²) < 4.78 is 6.46. The normalized spacial score (nSPS) is 10.5. The minimum atomic E-state index is -0.324. The van der Waals surface area contributed by atoms with Gasteiger partial charge < -0.3 is 10.1 Å². The Morgan fingerprint density at radius 2 is 1.86 bits per heavy atom. The number of nitrogens with one attached hydrogen (secondary N) is 1. The first-order valence-corrected chi connectivity index (χ1v) is 9.34. The average Bonchev–Trinajstić information content (AvgIpc) is 2.70. The number of rotatable bonds is 6. The van der Waals surface area contributed by atoms with Crippen molar-refractivity contribution in [2.24, 2.45) is 0 Å². The van der Waals surface area contributed by atoms with Crippen molar-refractivity contribution < 1.29 is 9.53 Å². The van der Waals surface area contributed by atoms with E-state index in [0.29, 0.717) is 28.7 Å². The second-order valence-corrected chi connectivity index (χ2v) is 6.83. The topological polar surface area (TPSA) is 60.3 Å². The molecule has 0 aliphatic heterocycles. The van der Waals surface area contributed by atoms with Gasteiger partial charge in [-0.15, -0.1) is 0 Å². The van der Waals surface area contributed by atoms with Gasteiger partial charge in [0.2, 0.25) is 0 Å². The number of carbonyl (C=O) groups is 1. The van der Waals surface area contributed by atoms with E-state index < -0.39 is 0 Å². The SMILES string of the molecule is COc1cccn(-c2ccc(Cl)c(C(=O)NCCc3ccccc3Cl)c2)c1=O. The first-order chi connectivity index (χ1) is 13.5. The van der Waals surface area contributed by atoms with E-state index in [0.717, 1.165) is 5.56 Å². The van der Waals surface area contributed by atoms with E-state index >= 15 is 0 Å². The van der Waals surface area contributed by atoms with Gasteiger partial charge in [0.25, 0.3) is 11.5 Å². The molecule has 1 N–H and O–H groups in total. The van der Waals surface area contributed by atoms with Gasteiger partial charge in [-0.05, 0) is 48.4 Å². The monoisotopic (exact) mass is 416 g/mol. The van der Waals surface area contributed by atoms with Crippen molar-refractivity contribution in [3.8, 4) is 11.4 Å². The van der Waals surface area contributed by atoms with Gasteiger partial charge in [-0.2, -0.15) is 0 Å². The lowest BCUT2D eigenvalue weighted by molar-refractivity contribution is 0.0954. The van der Waals surface area contributed by atoms with Crippen LogP contribution >= 0.6 is 23.2 Å². The number of amides is 1. The van der Waals surface area contributed by atoms with Gasteiger partial charge in [0.05, 0.1) is 17.7 Å². The zero-order chi connectivity index (χ0) is 20.1. The molecule has 3 aromatic rings. The Hall–Kier alpha value is -2.76. The molecule has 28 heavy (non-hydrogen) atoms. The zero-order valence-electron chi connectivity index (χ0n) is 15.1. The minimum absolute atomic E-state index is 0.211. The lowest BCUT2D eigenvalue weighted by Crippen LogP contribution is -2.26. The molecule has 0 bridgehead atoms. The maximum absolute atomic E-state index is 12.6. The van der Waals surface area contributed by atoms with Crippen LogP contribution in [0.3, 0.4) is 0 Å². The fourth-order valence-electron chi connectivity index (χ4n) is 2.78. The number of methoxy groups -OCH3 is 1. The first kappa shape index (κ1) is 20.0. The second kappa shape index (κ2) is 8.95. The van der Waals surface area contributed by atoms with Crippen LogP contribution in [0.25, 0.3) is 5.69 Å². The van der Waals surface area contributed by atoms with Crippen LogP contribution in [0, 0.1) is 0 Å². The largest absolute Gasteiger partial charge is 0.491 e. The first-order valence-electron chi connectivity index (χ1n) is 8.58. The van der Waals surface area contributed by atoms with Gasteiger partial charge in [0.1, 0.15) is 0 Å². The number of aromatic nitrogens is 1. The van der Waals surface area contributed by atoms with Gasteiger partial charge in [-0.3, -0.25) is 14.2 Å². The number of benzene rings is 2. The summed E-state index contributed by atoms with van der Waals surface area (Å²) in [7, 11) is 1.43. The van der Waals surface area contributed by atoms with Crippen LogP contribution in [0.4, 0.5) is 0 Å². The quantitative estimate of drug-likeness (QED) is 0.656. The number of nitrogens with zero attached hydrogens (tertiary/aromatic N) is 1. The van der Waals surface area contributed by atoms with Crippen molar-refractivity contribution in [1.29, 1.82) is 0 Å². The Labute approximate surface area is 172 Å². The van der Waals surface area contributed by atoms with E-state index in [9.17, 15) is 9.59 Å². The summed E-state index contributed by atoms with van der Waals surface area (Å²) in [5.41, 5.74) is 1.43. The van der Waals surface area contributed by atoms with Gasteiger partial charge in [0, 0.05) is 23.5 Å². The van der Waals surface area contributed by atoms with Crippen molar-refractivity contribution >= 4 is 29.1 Å². The van der Waals surface area contributed by atoms with E-state index in [1.54, 1.807) is 36.5 Å². The van der Waals surface area contributed by atoms with Crippen LogP contribution in [-0.4, -0.2) is 24.1 Å². The molecule has 7 heteroatoms. The number of hydrogen-bond donors (Lipinski definition) is 1. The van der Waals surface area contributed by atoms with Gasteiger partial charge in [-0.25, -0.2) is 0 Å².